The van der Waals surface area contributed by atoms with Gasteiger partial charge in [-0.25, -0.2) is 0 Å². The van der Waals surface area contributed by atoms with Crippen LogP contribution in [-0.4, -0.2) is 41.1 Å². The van der Waals surface area contributed by atoms with Crippen LogP contribution in [0.25, 0.3) is 0 Å². The standard InChI is InChI=1S/C16H30N2OS/c1-4-5-14-16(19)18(15(17-14)10-12(2)3)11-13-6-8-20-9-7-13/h12-15,17H,4-11H2,1-3H3. The number of thioether (sulfide) groups is 1. The highest BCUT2D eigenvalue weighted by Crippen LogP contribution is 2.27. The second-order valence-corrected chi connectivity index (χ2v) is 7.92. The van der Waals surface area contributed by atoms with Gasteiger partial charge in [0.1, 0.15) is 0 Å². The van der Waals surface area contributed by atoms with Gasteiger partial charge in [0.05, 0.1) is 12.2 Å². The number of hydrogen-bond acceptors (Lipinski definition) is 3. The molecule has 2 aliphatic rings. The molecule has 0 saturated carbocycles. The van der Waals surface area contributed by atoms with E-state index in [-0.39, 0.29) is 12.2 Å². The van der Waals surface area contributed by atoms with Crippen LogP contribution in [0, 0.1) is 11.8 Å². The molecule has 0 spiro atoms. The van der Waals surface area contributed by atoms with Crippen molar-refractivity contribution < 1.29 is 4.79 Å². The lowest BCUT2D eigenvalue weighted by Gasteiger charge is -2.31. The van der Waals surface area contributed by atoms with E-state index in [2.05, 4.69) is 42.7 Å². The first-order valence-electron chi connectivity index (χ1n) is 8.26. The monoisotopic (exact) mass is 298 g/mol. The molecule has 116 valence electrons. The summed E-state index contributed by atoms with van der Waals surface area (Å²) in [6.07, 6.45) is 5.96. The van der Waals surface area contributed by atoms with Crippen molar-refractivity contribution in [2.24, 2.45) is 11.8 Å². The second kappa shape index (κ2) is 7.69. The van der Waals surface area contributed by atoms with Crippen molar-refractivity contribution in [3.8, 4) is 0 Å². The minimum atomic E-state index is 0.0710. The molecule has 0 radical (unpaired) electrons. The molecule has 4 heteroatoms. The summed E-state index contributed by atoms with van der Waals surface area (Å²) in [6.45, 7) is 7.63. The van der Waals surface area contributed by atoms with E-state index >= 15 is 0 Å². The van der Waals surface area contributed by atoms with E-state index in [1.54, 1.807) is 0 Å². The third kappa shape index (κ3) is 4.14. The molecule has 3 nitrogen and oxygen atoms in total. The summed E-state index contributed by atoms with van der Waals surface area (Å²) in [5.74, 6) is 4.25. The maximum absolute atomic E-state index is 12.6. The fraction of sp³-hybridized carbons (Fsp3) is 0.938. The van der Waals surface area contributed by atoms with E-state index in [4.69, 9.17) is 0 Å². The highest BCUT2D eigenvalue weighted by molar-refractivity contribution is 7.99. The van der Waals surface area contributed by atoms with Gasteiger partial charge in [0.25, 0.3) is 0 Å². The fourth-order valence-corrected chi connectivity index (χ4v) is 4.51. The van der Waals surface area contributed by atoms with Crippen molar-refractivity contribution in [2.75, 3.05) is 18.1 Å². The number of rotatable bonds is 6. The van der Waals surface area contributed by atoms with Gasteiger partial charge in [-0.3, -0.25) is 10.1 Å². The smallest absolute Gasteiger partial charge is 0.241 e. The van der Waals surface area contributed by atoms with E-state index in [9.17, 15) is 4.79 Å². The summed E-state index contributed by atoms with van der Waals surface area (Å²) in [4.78, 5) is 14.8. The molecule has 2 aliphatic heterocycles. The summed E-state index contributed by atoms with van der Waals surface area (Å²) in [7, 11) is 0. The Balaban J connectivity index is 1.98. The van der Waals surface area contributed by atoms with Gasteiger partial charge in [0.2, 0.25) is 5.91 Å². The Morgan fingerprint density at radius 3 is 2.65 bits per heavy atom. The highest BCUT2D eigenvalue weighted by Gasteiger charge is 2.39. The molecule has 2 unspecified atom stereocenters. The predicted octanol–water partition coefficient (Wildman–Crippen LogP) is 3.10. The lowest BCUT2D eigenvalue weighted by atomic mass is 10.0. The Labute approximate surface area is 128 Å². The van der Waals surface area contributed by atoms with Crippen LogP contribution in [0.1, 0.15) is 52.9 Å². The molecule has 1 N–H and O–H groups in total. The van der Waals surface area contributed by atoms with Crippen molar-refractivity contribution in [2.45, 2.75) is 65.1 Å². The van der Waals surface area contributed by atoms with Crippen molar-refractivity contribution >= 4 is 17.7 Å². The zero-order valence-electron chi connectivity index (χ0n) is 13.2. The molecule has 20 heavy (non-hydrogen) atoms. The first-order chi connectivity index (χ1) is 9.61. The molecule has 2 atom stereocenters. The van der Waals surface area contributed by atoms with E-state index < -0.39 is 0 Å². The van der Waals surface area contributed by atoms with Crippen LogP contribution < -0.4 is 5.32 Å². The summed E-state index contributed by atoms with van der Waals surface area (Å²) >= 11 is 2.06. The number of nitrogens with one attached hydrogen (secondary N) is 1. The van der Waals surface area contributed by atoms with Gasteiger partial charge in [-0.2, -0.15) is 11.8 Å². The Kier molecular flexibility index (Phi) is 6.21. The SMILES string of the molecule is CCCC1NC(CC(C)C)N(CC2CCSCC2)C1=O. The van der Waals surface area contributed by atoms with Crippen LogP contribution in [0.4, 0.5) is 0 Å². The average Bonchev–Trinajstić information content (AvgIpc) is 2.69. The molecule has 0 aromatic rings. The van der Waals surface area contributed by atoms with Gasteiger partial charge in [-0.1, -0.05) is 27.2 Å². The molecule has 0 aromatic carbocycles. The van der Waals surface area contributed by atoms with Gasteiger partial charge in [-0.05, 0) is 49.0 Å². The summed E-state index contributed by atoms with van der Waals surface area (Å²) in [5, 5.41) is 3.58. The maximum Gasteiger partial charge on any atom is 0.241 e. The lowest BCUT2D eigenvalue weighted by molar-refractivity contribution is -0.131. The summed E-state index contributed by atoms with van der Waals surface area (Å²) in [6, 6.07) is 0.0710. The average molecular weight is 298 g/mol. The second-order valence-electron chi connectivity index (χ2n) is 6.70. The van der Waals surface area contributed by atoms with E-state index in [0.717, 1.165) is 31.7 Å². The molecule has 0 bridgehead atoms. The quantitative estimate of drug-likeness (QED) is 0.818. The third-order valence-corrected chi connectivity index (χ3v) is 5.47. The topological polar surface area (TPSA) is 32.3 Å². The van der Waals surface area contributed by atoms with Crippen molar-refractivity contribution in [3.63, 3.8) is 0 Å². The molecule has 1 amide bonds. The minimum absolute atomic E-state index is 0.0710. The first kappa shape index (κ1) is 16.2. The largest absolute Gasteiger partial charge is 0.326 e. The third-order valence-electron chi connectivity index (χ3n) is 4.42. The Bertz CT molecular complexity index is 316. The normalized spacial score (nSPS) is 28.6. The van der Waals surface area contributed by atoms with Gasteiger partial charge < -0.3 is 4.90 Å². The number of nitrogens with zero attached hydrogens (tertiary/aromatic N) is 1. The maximum atomic E-state index is 12.6. The zero-order valence-corrected chi connectivity index (χ0v) is 14.0. The van der Waals surface area contributed by atoms with Gasteiger partial charge >= 0.3 is 0 Å². The number of hydrogen-bond donors (Lipinski definition) is 1. The van der Waals surface area contributed by atoms with Crippen LogP contribution in [-0.2, 0) is 4.79 Å². The van der Waals surface area contributed by atoms with E-state index in [1.165, 1.54) is 24.3 Å². The number of amides is 1. The lowest BCUT2D eigenvalue weighted by Crippen LogP contribution is -2.41. The molecular weight excluding hydrogens is 268 g/mol. The van der Waals surface area contributed by atoms with Gasteiger partial charge in [0.15, 0.2) is 0 Å². The molecule has 2 fully saturated rings. The molecule has 2 rings (SSSR count). The molecule has 2 heterocycles. The number of carbonyl (C=O) groups excluding carboxylic acids is 1. The van der Waals surface area contributed by atoms with Crippen LogP contribution >= 0.6 is 11.8 Å². The summed E-state index contributed by atoms with van der Waals surface area (Å²) in [5.41, 5.74) is 0. The predicted molar refractivity (Wildman–Crippen MR) is 86.8 cm³/mol. The molecule has 2 saturated heterocycles. The van der Waals surface area contributed by atoms with Crippen LogP contribution in [0.15, 0.2) is 0 Å². The summed E-state index contributed by atoms with van der Waals surface area (Å²) < 4.78 is 0. The fourth-order valence-electron chi connectivity index (χ4n) is 3.31. The van der Waals surface area contributed by atoms with Crippen molar-refractivity contribution in [1.82, 2.24) is 10.2 Å². The van der Waals surface area contributed by atoms with Gasteiger partial charge in [0, 0.05) is 6.54 Å². The molecule has 0 aromatic heterocycles. The van der Waals surface area contributed by atoms with Crippen molar-refractivity contribution in [1.29, 1.82) is 0 Å². The molecular formula is C16H30N2OS. The Morgan fingerprint density at radius 1 is 1.35 bits per heavy atom. The van der Waals surface area contributed by atoms with Crippen LogP contribution in [0.3, 0.4) is 0 Å². The Hall–Kier alpha value is -0.220. The van der Waals surface area contributed by atoms with Crippen LogP contribution in [0.5, 0.6) is 0 Å². The van der Waals surface area contributed by atoms with E-state index in [0.29, 0.717) is 11.8 Å². The molecule has 0 aliphatic carbocycles. The van der Waals surface area contributed by atoms with Crippen molar-refractivity contribution in [3.05, 3.63) is 0 Å². The number of carbonyl (C=O) groups is 1. The zero-order chi connectivity index (χ0) is 14.5. The first-order valence-corrected chi connectivity index (χ1v) is 9.41. The Morgan fingerprint density at radius 2 is 2.05 bits per heavy atom. The van der Waals surface area contributed by atoms with E-state index in [1.807, 2.05) is 0 Å². The minimum Gasteiger partial charge on any atom is -0.326 e. The van der Waals surface area contributed by atoms with Gasteiger partial charge in [-0.15, -0.1) is 0 Å². The highest BCUT2D eigenvalue weighted by atomic mass is 32.2. The van der Waals surface area contributed by atoms with Crippen LogP contribution in [0.2, 0.25) is 0 Å².